The van der Waals surface area contributed by atoms with Crippen molar-refractivity contribution < 1.29 is 9.90 Å². The molecule has 3 nitrogen and oxygen atoms in total. The number of hydrogen-bond acceptors (Lipinski definition) is 2. The zero-order chi connectivity index (χ0) is 11.5. The Morgan fingerprint density at radius 1 is 1.50 bits per heavy atom. The van der Waals surface area contributed by atoms with Gasteiger partial charge in [0.25, 0.3) is 5.91 Å². The summed E-state index contributed by atoms with van der Waals surface area (Å²) in [5.41, 5.74) is 3.00. The largest absolute Gasteiger partial charge is 0.396 e. The highest BCUT2D eigenvalue weighted by molar-refractivity contribution is 5.98. The Kier molecular flexibility index (Phi) is 3.25. The van der Waals surface area contributed by atoms with Gasteiger partial charge < -0.3 is 10.4 Å². The minimum atomic E-state index is 0.0355. The Bertz CT molecular complexity index is 401. The molecule has 3 heteroatoms. The first-order valence-corrected chi connectivity index (χ1v) is 5.72. The van der Waals surface area contributed by atoms with E-state index in [1.807, 2.05) is 25.1 Å². The van der Waals surface area contributed by atoms with Crippen LogP contribution in [-0.2, 0) is 0 Å². The summed E-state index contributed by atoms with van der Waals surface area (Å²) in [6.07, 6.45) is 1.71. The van der Waals surface area contributed by atoms with Gasteiger partial charge in [0.2, 0.25) is 0 Å². The molecule has 0 aromatic heterocycles. The molecule has 1 atom stereocenters. The molecular formula is C13H17NO2. The van der Waals surface area contributed by atoms with Crippen LogP contribution in [0.1, 0.15) is 40.2 Å². The van der Waals surface area contributed by atoms with Gasteiger partial charge >= 0.3 is 0 Å². The summed E-state index contributed by atoms with van der Waals surface area (Å²) >= 11 is 0. The maximum absolute atomic E-state index is 11.8. The molecular weight excluding hydrogens is 202 g/mol. The molecule has 2 rings (SSSR count). The fraction of sp³-hybridized carbons (Fsp3) is 0.462. The highest BCUT2D eigenvalue weighted by atomic mass is 16.2. The molecule has 1 aromatic carbocycles. The van der Waals surface area contributed by atoms with Crippen LogP contribution in [0.2, 0.25) is 0 Å². The van der Waals surface area contributed by atoms with Gasteiger partial charge in [-0.15, -0.1) is 0 Å². The zero-order valence-electron chi connectivity index (χ0n) is 9.49. The summed E-state index contributed by atoms with van der Waals surface area (Å²) in [6, 6.07) is 5.99. The molecule has 16 heavy (non-hydrogen) atoms. The lowest BCUT2D eigenvalue weighted by Crippen LogP contribution is -2.35. The van der Waals surface area contributed by atoms with Crippen LogP contribution in [0.25, 0.3) is 0 Å². The van der Waals surface area contributed by atoms with Gasteiger partial charge in [-0.25, -0.2) is 0 Å². The van der Waals surface area contributed by atoms with Crippen LogP contribution in [-0.4, -0.2) is 24.2 Å². The lowest BCUT2D eigenvalue weighted by molar-refractivity contribution is 0.0938. The number of hydrogen-bond donors (Lipinski definition) is 2. The molecule has 0 bridgehead atoms. The van der Waals surface area contributed by atoms with Crippen LogP contribution in [0.5, 0.6) is 0 Å². The average Bonchev–Trinajstić information content (AvgIpc) is 2.28. The van der Waals surface area contributed by atoms with Gasteiger partial charge in [-0.05, 0) is 30.9 Å². The second kappa shape index (κ2) is 4.66. The van der Waals surface area contributed by atoms with Gasteiger partial charge in [0.05, 0.1) is 0 Å². The van der Waals surface area contributed by atoms with E-state index >= 15 is 0 Å². The molecule has 0 radical (unpaired) electrons. The predicted molar refractivity (Wildman–Crippen MR) is 62.6 cm³/mol. The maximum atomic E-state index is 11.8. The molecule has 1 amide bonds. The molecule has 0 saturated carbocycles. The van der Waals surface area contributed by atoms with Gasteiger partial charge in [-0.3, -0.25) is 4.79 Å². The lowest BCUT2D eigenvalue weighted by Gasteiger charge is -2.26. The topological polar surface area (TPSA) is 49.3 Å². The predicted octanol–water partition coefficient (Wildman–Crippen LogP) is 1.59. The second-order valence-electron chi connectivity index (χ2n) is 4.31. The first kappa shape index (κ1) is 11.1. The number of carbonyl (C=O) groups is 1. The number of aliphatic hydroxyl groups is 1. The van der Waals surface area contributed by atoms with E-state index in [1.54, 1.807) is 0 Å². The van der Waals surface area contributed by atoms with E-state index in [1.165, 1.54) is 0 Å². The van der Waals surface area contributed by atoms with Crippen LogP contribution in [0.4, 0.5) is 0 Å². The molecule has 1 aliphatic rings. The zero-order valence-corrected chi connectivity index (χ0v) is 9.49. The first-order valence-electron chi connectivity index (χ1n) is 5.72. The van der Waals surface area contributed by atoms with Gasteiger partial charge in [-0.1, -0.05) is 18.2 Å². The van der Waals surface area contributed by atoms with Crippen LogP contribution < -0.4 is 5.32 Å². The minimum absolute atomic E-state index is 0.0355. The highest BCUT2D eigenvalue weighted by Gasteiger charge is 2.25. The molecule has 0 aliphatic carbocycles. The summed E-state index contributed by atoms with van der Waals surface area (Å²) < 4.78 is 0. The van der Waals surface area contributed by atoms with E-state index in [0.29, 0.717) is 12.5 Å². The highest BCUT2D eigenvalue weighted by Crippen LogP contribution is 2.29. The Morgan fingerprint density at radius 2 is 2.31 bits per heavy atom. The number of aliphatic hydroxyl groups excluding tert-OH is 1. The van der Waals surface area contributed by atoms with Gasteiger partial charge in [0, 0.05) is 24.6 Å². The van der Waals surface area contributed by atoms with Gasteiger partial charge in [-0.2, -0.15) is 0 Å². The molecule has 1 unspecified atom stereocenters. The van der Waals surface area contributed by atoms with Gasteiger partial charge in [0.1, 0.15) is 0 Å². The quantitative estimate of drug-likeness (QED) is 0.811. The fourth-order valence-electron chi connectivity index (χ4n) is 2.35. The molecule has 0 spiro atoms. The number of aryl methyl sites for hydroxylation is 1. The van der Waals surface area contributed by atoms with E-state index < -0.39 is 0 Å². The van der Waals surface area contributed by atoms with Crippen molar-refractivity contribution in [1.82, 2.24) is 5.32 Å². The van der Waals surface area contributed by atoms with Crippen molar-refractivity contribution in [3.05, 3.63) is 34.9 Å². The molecule has 2 N–H and O–H groups in total. The average molecular weight is 219 g/mol. The van der Waals surface area contributed by atoms with Gasteiger partial charge in [0.15, 0.2) is 0 Å². The molecule has 1 aliphatic heterocycles. The second-order valence-corrected chi connectivity index (χ2v) is 4.31. The van der Waals surface area contributed by atoms with Crippen molar-refractivity contribution in [3.63, 3.8) is 0 Å². The Hall–Kier alpha value is -1.35. The molecule has 0 saturated heterocycles. The normalized spacial score (nSPS) is 19.1. The summed E-state index contributed by atoms with van der Waals surface area (Å²) in [4.78, 5) is 11.8. The van der Waals surface area contributed by atoms with Crippen LogP contribution in [0.3, 0.4) is 0 Å². The lowest BCUT2D eigenvalue weighted by atomic mass is 9.85. The Morgan fingerprint density at radius 3 is 3.06 bits per heavy atom. The van der Waals surface area contributed by atoms with Crippen LogP contribution in [0, 0.1) is 6.92 Å². The summed E-state index contributed by atoms with van der Waals surface area (Å²) in [5.74, 6) is 0.382. The molecule has 86 valence electrons. The van der Waals surface area contributed by atoms with E-state index in [0.717, 1.165) is 29.5 Å². The smallest absolute Gasteiger partial charge is 0.251 e. The van der Waals surface area contributed by atoms with Crippen molar-refractivity contribution in [3.8, 4) is 0 Å². The van der Waals surface area contributed by atoms with E-state index in [4.69, 9.17) is 5.11 Å². The number of carbonyl (C=O) groups excluding carboxylic acids is 1. The molecule has 0 fully saturated rings. The van der Waals surface area contributed by atoms with Crippen molar-refractivity contribution in [1.29, 1.82) is 0 Å². The minimum Gasteiger partial charge on any atom is -0.396 e. The standard InChI is InChI=1S/C13H17NO2/c1-9-4-2-6-11-10(5-3-7-15)8-14-13(16)12(9)11/h2,4,6,10,15H,3,5,7-8H2,1H3,(H,14,16). The van der Waals surface area contributed by atoms with Crippen molar-refractivity contribution in [2.24, 2.45) is 0 Å². The number of amides is 1. The van der Waals surface area contributed by atoms with E-state index in [9.17, 15) is 4.79 Å². The number of nitrogens with one attached hydrogen (secondary N) is 1. The third-order valence-corrected chi connectivity index (χ3v) is 3.19. The third-order valence-electron chi connectivity index (χ3n) is 3.19. The van der Waals surface area contributed by atoms with Crippen molar-refractivity contribution >= 4 is 5.91 Å². The first-order chi connectivity index (χ1) is 7.74. The van der Waals surface area contributed by atoms with Crippen LogP contribution >= 0.6 is 0 Å². The molecule has 1 heterocycles. The molecule has 1 aromatic rings. The maximum Gasteiger partial charge on any atom is 0.251 e. The monoisotopic (exact) mass is 219 g/mol. The summed E-state index contributed by atoms with van der Waals surface area (Å²) in [6.45, 7) is 2.87. The Labute approximate surface area is 95.5 Å². The summed E-state index contributed by atoms with van der Waals surface area (Å²) in [5, 5.41) is 11.8. The SMILES string of the molecule is Cc1cccc2c1C(=O)NCC2CCCO. The van der Waals surface area contributed by atoms with Crippen molar-refractivity contribution in [2.45, 2.75) is 25.7 Å². The van der Waals surface area contributed by atoms with Crippen LogP contribution in [0.15, 0.2) is 18.2 Å². The number of rotatable bonds is 3. The number of benzene rings is 1. The van der Waals surface area contributed by atoms with Crippen molar-refractivity contribution in [2.75, 3.05) is 13.2 Å². The summed E-state index contributed by atoms with van der Waals surface area (Å²) in [7, 11) is 0. The number of fused-ring (bicyclic) bond motifs is 1. The third kappa shape index (κ3) is 1.95. The Balaban J connectivity index is 2.33. The van der Waals surface area contributed by atoms with E-state index in [2.05, 4.69) is 5.32 Å². The van der Waals surface area contributed by atoms with E-state index in [-0.39, 0.29) is 12.5 Å². The fourth-order valence-corrected chi connectivity index (χ4v) is 2.35.